The molecule has 1 rings (SSSR count). The molecule has 0 saturated heterocycles. The fourth-order valence-electron chi connectivity index (χ4n) is 1.49. The summed E-state index contributed by atoms with van der Waals surface area (Å²) < 4.78 is 5.55. The van der Waals surface area contributed by atoms with E-state index in [-0.39, 0.29) is 0 Å². The van der Waals surface area contributed by atoms with Crippen molar-refractivity contribution < 1.29 is 4.74 Å². The van der Waals surface area contributed by atoms with E-state index in [4.69, 9.17) is 39.5 Å². The molecule has 0 saturated carbocycles. The topological polar surface area (TPSA) is 24.5 Å². The average Bonchev–Trinajstić information content (AvgIpc) is 2.33. The smallest absolute Gasteiger partial charge is 0.139 e. The first-order valence-electron chi connectivity index (χ1n) is 6.13. The van der Waals surface area contributed by atoms with Crippen molar-refractivity contribution in [3.05, 3.63) is 27.2 Å². The molecule has 1 N–H and O–H groups in total. The Hall–Kier alpha value is -0.190. The lowest BCUT2D eigenvalue weighted by atomic mass is 10.3. The van der Waals surface area contributed by atoms with E-state index in [0.717, 1.165) is 26.1 Å². The van der Waals surface area contributed by atoms with Gasteiger partial charge in [-0.05, 0) is 39.7 Å². The van der Waals surface area contributed by atoms with Crippen LogP contribution in [0.5, 0.6) is 5.75 Å². The molecule has 0 atom stereocenters. The van der Waals surface area contributed by atoms with Crippen molar-refractivity contribution in [3.8, 4) is 5.75 Å². The SMILES string of the molecule is CN(C)CCCNCCOc1cc(Cl)c(Cl)cc1Cl. The van der Waals surface area contributed by atoms with Gasteiger partial charge in [0.15, 0.2) is 0 Å². The van der Waals surface area contributed by atoms with Crippen LogP contribution in [0.2, 0.25) is 15.1 Å². The first-order chi connectivity index (χ1) is 9.00. The third kappa shape index (κ3) is 6.68. The van der Waals surface area contributed by atoms with E-state index >= 15 is 0 Å². The van der Waals surface area contributed by atoms with E-state index in [1.165, 1.54) is 0 Å². The summed E-state index contributed by atoms with van der Waals surface area (Å²) >= 11 is 17.8. The van der Waals surface area contributed by atoms with Crippen molar-refractivity contribution in [1.82, 2.24) is 10.2 Å². The van der Waals surface area contributed by atoms with Crippen LogP contribution < -0.4 is 10.1 Å². The summed E-state index contributed by atoms with van der Waals surface area (Å²) in [7, 11) is 4.13. The highest BCUT2D eigenvalue weighted by molar-refractivity contribution is 6.43. The molecule has 0 spiro atoms. The summed E-state index contributed by atoms with van der Waals surface area (Å²) in [5.74, 6) is 0.561. The average molecular weight is 326 g/mol. The molecule has 0 bridgehead atoms. The van der Waals surface area contributed by atoms with Crippen LogP contribution in [0.4, 0.5) is 0 Å². The molecule has 0 aliphatic carbocycles. The van der Waals surface area contributed by atoms with Gasteiger partial charge in [0.2, 0.25) is 0 Å². The quantitative estimate of drug-likeness (QED) is 0.584. The van der Waals surface area contributed by atoms with Gasteiger partial charge in [0.1, 0.15) is 12.4 Å². The van der Waals surface area contributed by atoms with Gasteiger partial charge < -0.3 is 15.0 Å². The monoisotopic (exact) mass is 324 g/mol. The molecule has 0 unspecified atom stereocenters. The lowest BCUT2D eigenvalue weighted by molar-refractivity contribution is 0.311. The second kappa shape index (κ2) is 8.88. The van der Waals surface area contributed by atoms with E-state index in [1.807, 2.05) is 0 Å². The standard InChI is InChI=1S/C13H19Cl3N2O/c1-18(2)6-3-4-17-5-7-19-13-9-11(15)10(14)8-12(13)16/h8-9,17H,3-7H2,1-2H3. The Morgan fingerprint density at radius 3 is 2.42 bits per heavy atom. The zero-order valence-electron chi connectivity index (χ0n) is 11.2. The third-order valence-corrected chi connectivity index (χ3v) is 3.49. The maximum atomic E-state index is 6.00. The number of hydrogen-bond donors (Lipinski definition) is 1. The Balaban J connectivity index is 2.21. The van der Waals surface area contributed by atoms with Crippen LogP contribution in [-0.2, 0) is 0 Å². The molecule has 1 aromatic rings. The minimum absolute atomic E-state index is 0.431. The molecule has 3 nitrogen and oxygen atoms in total. The van der Waals surface area contributed by atoms with Gasteiger partial charge >= 0.3 is 0 Å². The highest BCUT2D eigenvalue weighted by Crippen LogP contribution is 2.33. The number of rotatable bonds is 8. The molecule has 0 aromatic heterocycles. The highest BCUT2D eigenvalue weighted by Gasteiger charge is 2.06. The fourth-order valence-corrected chi connectivity index (χ4v) is 2.08. The molecule has 19 heavy (non-hydrogen) atoms. The zero-order valence-corrected chi connectivity index (χ0v) is 13.4. The van der Waals surface area contributed by atoms with Crippen LogP contribution in [0.25, 0.3) is 0 Å². The molecule has 0 radical (unpaired) electrons. The summed E-state index contributed by atoms with van der Waals surface area (Å²) in [4.78, 5) is 2.16. The molecular weight excluding hydrogens is 307 g/mol. The van der Waals surface area contributed by atoms with E-state index in [0.29, 0.717) is 27.4 Å². The predicted octanol–water partition coefficient (Wildman–Crippen LogP) is 3.57. The van der Waals surface area contributed by atoms with Crippen molar-refractivity contribution >= 4 is 34.8 Å². The summed E-state index contributed by atoms with van der Waals surface area (Å²) in [5, 5.41) is 4.65. The second-order valence-corrected chi connectivity index (χ2v) is 5.67. The van der Waals surface area contributed by atoms with Crippen molar-refractivity contribution in [1.29, 1.82) is 0 Å². The number of hydrogen-bond acceptors (Lipinski definition) is 3. The van der Waals surface area contributed by atoms with Crippen LogP contribution in [-0.4, -0.2) is 45.2 Å². The zero-order chi connectivity index (χ0) is 14.3. The molecule has 108 valence electrons. The first-order valence-corrected chi connectivity index (χ1v) is 7.27. The molecule has 0 heterocycles. The maximum absolute atomic E-state index is 6.00. The Morgan fingerprint density at radius 1 is 1.05 bits per heavy atom. The molecule has 0 aliphatic heterocycles. The Bertz CT molecular complexity index is 400. The summed E-state index contributed by atoms with van der Waals surface area (Å²) in [6.45, 7) is 3.35. The summed E-state index contributed by atoms with van der Waals surface area (Å²) in [5.41, 5.74) is 0. The second-order valence-electron chi connectivity index (χ2n) is 4.45. The van der Waals surface area contributed by atoms with Crippen LogP contribution >= 0.6 is 34.8 Å². The van der Waals surface area contributed by atoms with Gasteiger partial charge in [0.05, 0.1) is 15.1 Å². The fraction of sp³-hybridized carbons (Fsp3) is 0.538. The molecule has 0 aliphatic rings. The molecule has 1 aromatic carbocycles. The predicted molar refractivity (Wildman–Crippen MR) is 83.0 cm³/mol. The summed E-state index contributed by atoms with van der Waals surface area (Å²) in [6, 6.07) is 3.23. The highest BCUT2D eigenvalue weighted by atomic mass is 35.5. The Kier molecular flexibility index (Phi) is 7.88. The Labute approximate surface area is 129 Å². The van der Waals surface area contributed by atoms with Gasteiger partial charge in [0.25, 0.3) is 0 Å². The number of nitrogens with one attached hydrogen (secondary N) is 1. The van der Waals surface area contributed by atoms with E-state index in [2.05, 4.69) is 24.3 Å². The largest absolute Gasteiger partial charge is 0.491 e. The van der Waals surface area contributed by atoms with Gasteiger partial charge in [-0.1, -0.05) is 34.8 Å². The van der Waals surface area contributed by atoms with Crippen LogP contribution in [0, 0.1) is 0 Å². The number of halogens is 3. The van der Waals surface area contributed by atoms with Crippen molar-refractivity contribution in [2.75, 3.05) is 40.3 Å². The molecule has 0 fully saturated rings. The lowest BCUT2D eigenvalue weighted by Gasteiger charge is -2.11. The van der Waals surface area contributed by atoms with Gasteiger partial charge in [0, 0.05) is 12.6 Å². The van der Waals surface area contributed by atoms with Crippen LogP contribution in [0.15, 0.2) is 12.1 Å². The molecular formula is C13H19Cl3N2O. The van der Waals surface area contributed by atoms with Crippen molar-refractivity contribution in [2.24, 2.45) is 0 Å². The van der Waals surface area contributed by atoms with Crippen molar-refractivity contribution in [2.45, 2.75) is 6.42 Å². The van der Waals surface area contributed by atoms with Crippen LogP contribution in [0.3, 0.4) is 0 Å². The van der Waals surface area contributed by atoms with Gasteiger partial charge in [-0.15, -0.1) is 0 Å². The maximum Gasteiger partial charge on any atom is 0.139 e. The van der Waals surface area contributed by atoms with Gasteiger partial charge in [-0.2, -0.15) is 0 Å². The first kappa shape index (κ1) is 16.9. The normalized spacial score (nSPS) is 11.1. The summed E-state index contributed by atoms with van der Waals surface area (Å²) in [6.07, 6.45) is 1.11. The minimum Gasteiger partial charge on any atom is -0.491 e. The third-order valence-electron chi connectivity index (χ3n) is 2.47. The number of nitrogens with zero attached hydrogens (tertiary/aromatic N) is 1. The van der Waals surface area contributed by atoms with E-state index in [9.17, 15) is 0 Å². The Morgan fingerprint density at radius 2 is 1.74 bits per heavy atom. The van der Waals surface area contributed by atoms with Gasteiger partial charge in [-0.25, -0.2) is 0 Å². The lowest BCUT2D eigenvalue weighted by Crippen LogP contribution is -2.25. The number of benzene rings is 1. The number of ether oxygens (including phenoxy) is 1. The molecule has 0 amide bonds. The van der Waals surface area contributed by atoms with Crippen LogP contribution in [0.1, 0.15) is 6.42 Å². The van der Waals surface area contributed by atoms with E-state index in [1.54, 1.807) is 12.1 Å². The minimum atomic E-state index is 0.431. The molecule has 6 heteroatoms. The van der Waals surface area contributed by atoms with Gasteiger partial charge in [-0.3, -0.25) is 0 Å². The van der Waals surface area contributed by atoms with Crippen molar-refractivity contribution in [3.63, 3.8) is 0 Å². The van der Waals surface area contributed by atoms with E-state index < -0.39 is 0 Å².